The standard InChI is InChI=1S/C21H29ClN6S/c1-14-5-4-7-21(14)8-11-28(12-9-21)16-13-25-20(18(23)26-16)29-15-6-10-24-19(17(15)22)27(2)3/h6,10,13-14H,4-5,7-9,11-12H2,1-3H3,(H2,23,26)/t14-/m1/s1. The zero-order valence-corrected chi connectivity index (χ0v) is 18.9. The highest BCUT2D eigenvalue weighted by Crippen LogP contribution is 2.50. The Morgan fingerprint density at radius 3 is 2.62 bits per heavy atom. The summed E-state index contributed by atoms with van der Waals surface area (Å²) < 4.78 is 0. The third-order valence-electron chi connectivity index (χ3n) is 6.66. The van der Waals surface area contributed by atoms with Crippen molar-refractivity contribution in [2.24, 2.45) is 11.3 Å². The molecule has 0 radical (unpaired) electrons. The highest BCUT2D eigenvalue weighted by Gasteiger charge is 2.42. The number of hydrogen-bond acceptors (Lipinski definition) is 7. The van der Waals surface area contributed by atoms with Crippen molar-refractivity contribution in [1.29, 1.82) is 0 Å². The first-order valence-corrected chi connectivity index (χ1v) is 11.5. The zero-order valence-electron chi connectivity index (χ0n) is 17.4. The van der Waals surface area contributed by atoms with E-state index < -0.39 is 0 Å². The molecule has 8 heteroatoms. The number of piperidine rings is 1. The monoisotopic (exact) mass is 432 g/mol. The lowest BCUT2D eigenvalue weighted by Gasteiger charge is -2.42. The number of hydrogen-bond donors (Lipinski definition) is 1. The summed E-state index contributed by atoms with van der Waals surface area (Å²) >= 11 is 7.94. The van der Waals surface area contributed by atoms with Gasteiger partial charge in [0.15, 0.2) is 5.82 Å². The van der Waals surface area contributed by atoms with Crippen LogP contribution in [0, 0.1) is 11.3 Å². The van der Waals surface area contributed by atoms with Crippen LogP contribution >= 0.6 is 23.4 Å². The van der Waals surface area contributed by atoms with E-state index in [1.807, 2.05) is 31.3 Å². The van der Waals surface area contributed by atoms with Gasteiger partial charge in [-0.15, -0.1) is 0 Å². The topological polar surface area (TPSA) is 71.2 Å². The summed E-state index contributed by atoms with van der Waals surface area (Å²) in [5, 5.41) is 1.27. The van der Waals surface area contributed by atoms with Gasteiger partial charge in [-0.3, -0.25) is 0 Å². The lowest BCUT2D eigenvalue weighted by Crippen LogP contribution is -2.41. The Morgan fingerprint density at radius 1 is 1.24 bits per heavy atom. The molecule has 2 aliphatic rings. The minimum atomic E-state index is 0.446. The van der Waals surface area contributed by atoms with Crippen LogP contribution in [-0.2, 0) is 0 Å². The van der Waals surface area contributed by atoms with E-state index in [1.165, 1.54) is 43.9 Å². The first-order valence-electron chi connectivity index (χ1n) is 10.3. The third-order valence-corrected chi connectivity index (χ3v) is 8.21. The molecule has 29 heavy (non-hydrogen) atoms. The largest absolute Gasteiger partial charge is 0.381 e. The Balaban J connectivity index is 1.47. The second-order valence-corrected chi connectivity index (χ2v) is 9.91. The minimum absolute atomic E-state index is 0.446. The molecule has 1 saturated heterocycles. The smallest absolute Gasteiger partial charge is 0.158 e. The van der Waals surface area contributed by atoms with Gasteiger partial charge < -0.3 is 15.5 Å². The highest BCUT2D eigenvalue weighted by atomic mass is 35.5. The SMILES string of the molecule is C[C@@H]1CCCC12CCN(c1cnc(Sc3ccnc(N(C)C)c3Cl)c(N)n1)CC2. The van der Waals surface area contributed by atoms with E-state index in [0.717, 1.165) is 35.5 Å². The van der Waals surface area contributed by atoms with Gasteiger partial charge in [0.25, 0.3) is 0 Å². The molecular formula is C21H29ClN6S. The fraction of sp³-hybridized carbons (Fsp3) is 0.571. The zero-order chi connectivity index (χ0) is 20.6. The first kappa shape index (κ1) is 20.5. The average molecular weight is 433 g/mol. The molecule has 1 atom stereocenters. The molecule has 2 aromatic heterocycles. The molecule has 1 aliphatic carbocycles. The van der Waals surface area contributed by atoms with Crippen molar-refractivity contribution in [2.45, 2.75) is 48.9 Å². The summed E-state index contributed by atoms with van der Waals surface area (Å²) in [5.74, 6) is 2.89. The van der Waals surface area contributed by atoms with Crippen LogP contribution in [-0.4, -0.2) is 42.1 Å². The molecular weight excluding hydrogens is 404 g/mol. The Morgan fingerprint density at radius 2 is 2.00 bits per heavy atom. The van der Waals surface area contributed by atoms with Crippen LogP contribution in [0.15, 0.2) is 28.4 Å². The number of pyridine rings is 1. The van der Waals surface area contributed by atoms with Gasteiger partial charge >= 0.3 is 0 Å². The molecule has 1 saturated carbocycles. The molecule has 0 unspecified atom stereocenters. The summed E-state index contributed by atoms with van der Waals surface area (Å²) in [4.78, 5) is 18.7. The molecule has 2 fully saturated rings. The van der Waals surface area contributed by atoms with Gasteiger partial charge in [-0.25, -0.2) is 15.0 Å². The molecule has 3 heterocycles. The van der Waals surface area contributed by atoms with E-state index in [0.29, 0.717) is 21.3 Å². The summed E-state index contributed by atoms with van der Waals surface area (Å²) in [7, 11) is 3.83. The fourth-order valence-electron chi connectivity index (χ4n) is 4.76. The van der Waals surface area contributed by atoms with Crippen LogP contribution in [0.3, 0.4) is 0 Å². The third kappa shape index (κ3) is 3.99. The number of anilines is 3. The minimum Gasteiger partial charge on any atom is -0.381 e. The Kier molecular flexibility index (Phi) is 5.80. The van der Waals surface area contributed by atoms with Crippen molar-refractivity contribution in [1.82, 2.24) is 15.0 Å². The van der Waals surface area contributed by atoms with E-state index in [2.05, 4.69) is 26.8 Å². The second kappa shape index (κ2) is 8.19. The second-order valence-electron chi connectivity index (χ2n) is 8.50. The Labute approximate surface area is 182 Å². The Bertz CT molecular complexity index is 881. The number of nitrogens with zero attached hydrogens (tertiary/aromatic N) is 5. The van der Waals surface area contributed by atoms with Crippen molar-refractivity contribution in [3.63, 3.8) is 0 Å². The number of rotatable bonds is 4. The van der Waals surface area contributed by atoms with E-state index in [-0.39, 0.29) is 0 Å². The number of aromatic nitrogens is 3. The molecule has 0 aromatic carbocycles. The highest BCUT2D eigenvalue weighted by molar-refractivity contribution is 7.99. The van der Waals surface area contributed by atoms with Crippen molar-refractivity contribution in [3.05, 3.63) is 23.5 Å². The van der Waals surface area contributed by atoms with Crippen LogP contribution < -0.4 is 15.5 Å². The summed E-state index contributed by atoms with van der Waals surface area (Å²) in [6.45, 7) is 4.50. The number of halogens is 1. The van der Waals surface area contributed by atoms with Crippen LogP contribution in [0.2, 0.25) is 5.02 Å². The lowest BCUT2D eigenvalue weighted by molar-refractivity contribution is 0.161. The molecule has 2 aromatic rings. The average Bonchev–Trinajstić information content (AvgIpc) is 3.05. The summed E-state index contributed by atoms with van der Waals surface area (Å²) in [6, 6.07) is 1.88. The predicted molar refractivity (Wildman–Crippen MR) is 121 cm³/mol. The molecule has 4 rings (SSSR count). The lowest BCUT2D eigenvalue weighted by atomic mass is 9.71. The van der Waals surface area contributed by atoms with Crippen molar-refractivity contribution >= 4 is 40.8 Å². The van der Waals surface area contributed by atoms with Gasteiger partial charge in [-0.1, -0.05) is 43.1 Å². The van der Waals surface area contributed by atoms with Gasteiger partial charge in [-0.05, 0) is 36.7 Å². The van der Waals surface area contributed by atoms with Crippen LogP contribution in [0.25, 0.3) is 0 Å². The summed E-state index contributed by atoms with van der Waals surface area (Å²) in [5.41, 5.74) is 6.82. The molecule has 0 bridgehead atoms. The number of nitrogens with two attached hydrogens (primary N) is 1. The van der Waals surface area contributed by atoms with E-state index in [9.17, 15) is 0 Å². The molecule has 0 amide bonds. The van der Waals surface area contributed by atoms with Crippen LogP contribution in [0.1, 0.15) is 39.0 Å². The normalized spacial score (nSPS) is 21.0. The molecule has 2 N–H and O–H groups in total. The molecule has 6 nitrogen and oxygen atoms in total. The van der Waals surface area contributed by atoms with Gasteiger partial charge in [-0.2, -0.15) is 0 Å². The van der Waals surface area contributed by atoms with Crippen LogP contribution in [0.5, 0.6) is 0 Å². The summed E-state index contributed by atoms with van der Waals surface area (Å²) in [6.07, 6.45) is 10.2. The van der Waals surface area contributed by atoms with E-state index >= 15 is 0 Å². The molecule has 156 valence electrons. The maximum Gasteiger partial charge on any atom is 0.158 e. The predicted octanol–water partition coefficient (Wildman–Crippen LogP) is 4.73. The van der Waals surface area contributed by atoms with E-state index in [4.69, 9.17) is 17.3 Å². The van der Waals surface area contributed by atoms with Gasteiger partial charge in [0, 0.05) is 38.3 Å². The maximum absolute atomic E-state index is 6.51. The van der Waals surface area contributed by atoms with Crippen LogP contribution in [0.4, 0.5) is 17.5 Å². The van der Waals surface area contributed by atoms with Crippen molar-refractivity contribution < 1.29 is 0 Å². The van der Waals surface area contributed by atoms with Crippen molar-refractivity contribution in [3.8, 4) is 0 Å². The quantitative estimate of drug-likeness (QED) is 0.748. The molecule has 1 spiro atoms. The van der Waals surface area contributed by atoms with Gasteiger partial charge in [0.1, 0.15) is 16.7 Å². The maximum atomic E-state index is 6.51. The van der Waals surface area contributed by atoms with Crippen molar-refractivity contribution in [2.75, 3.05) is 42.7 Å². The number of nitrogen functional groups attached to an aromatic ring is 1. The molecule has 1 aliphatic heterocycles. The Hall–Kier alpha value is -1.73. The van der Waals surface area contributed by atoms with E-state index in [1.54, 1.807) is 6.20 Å². The van der Waals surface area contributed by atoms with Gasteiger partial charge in [0.05, 0.1) is 11.2 Å². The fourth-order valence-corrected chi connectivity index (χ4v) is 5.93. The van der Waals surface area contributed by atoms with Gasteiger partial charge in [0.2, 0.25) is 0 Å². The first-order chi connectivity index (χ1) is 13.9.